The first-order valence-electron chi connectivity index (χ1n) is 22.0. The van der Waals surface area contributed by atoms with Crippen LogP contribution in [-0.4, -0.2) is 94.3 Å². The third kappa shape index (κ3) is 7.28. The van der Waals surface area contributed by atoms with E-state index in [1.54, 1.807) is 12.1 Å². The second kappa shape index (κ2) is 15.7. The standard InChI is InChI=1S/C49H52BN5O6/c1-31-7-16-43(46(57)51-31)55-47(58)41-26-35-28-54(29-36(35)27-42(41)48(55)59)44(56)30-52-21-17-49(18-22-52)19-23-53(24-20-49)38-12-8-33(9-13-38)45-39(32-5-3-2-4-6-32)14-10-34-25-37(50(60)61)11-15-40(34)45/h2-6,8-9,11-13,15,25-27,39,43,45,60-61H,1,7,10,14,16-24,28-30H2,(H,51,57)/t39-,43?,45+/m1/s1. The largest absolute Gasteiger partial charge is 0.488 e. The van der Waals surface area contributed by atoms with E-state index in [2.05, 4.69) is 82.4 Å². The highest BCUT2D eigenvalue weighted by molar-refractivity contribution is 6.58. The number of hydrogen-bond donors (Lipinski definition) is 3. The molecule has 1 spiro atoms. The van der Waals surface area contributed by atoms with Crippen LogP contribution in [0.2, 0.25) is 0 Å². The second-order valence-electron chi connectivity index (χ2n) is 18.3. The lowest BCUT2D eigenvalue weighted by atomic mass is 9.67. The van der Waals surface area contributed by atoms with Gasteiger partial charge in [-0.15, -0.1) is 0 Å². The summed E-state index contributed by atoms with van der Waals surface area (Å²) in [5, 5.41) is 22.4. The van der Waals surface area contributed by atoms with E-state index in [0.717, 1.165) is 80.7 Å². The fraction of sp³-hybridized carbons (Fsp3) is 0.388. The molecule has 1 unspecified atom stereocenters. The molecule has 3 N–H and O–H groups in total. The highest BCUT2D eigenvalue weighted by atomic mass is 16.4. The van der Waals surface area contributed by atoms with Gasteiger partial charge in [-0.3, -0.25) is 29.0 Å². The number of carbonyl (C=O) groups is 4. The molecule has 5 aliphatic heterocycles. The quantitative estimate of drug-likeness (QED) is 0.179. The van der Waals surface area contributed by atoms with Crippen molar-refractivity contribution in [2.24, 2.45) is 5.41 Å². The molecule has 11 nitrogen and oxygen atoms in total. The number of anilines is 1. The van der Waals surface area contributed by atoms with E-state index < -0.39 is 25.0 Å². The molecule has 0 aromatic heterocycles. The van der Waals surface area contributed by atoms with Gasteiger partial charge in [-0.1, -0.05) is 67.2 Å². The Morgan fingerprint density at radius 3 is 2.05 bits per heavy atom. The Hall–Kier alpha value is -5.56. The maximum atomic E-state index is 13.6. The van der Waals surface area contributed by atoms with Crippen molar-refractivity contribution in [3.8, 4) is 0 Å². The first-order valence-corrected chi connectivity index (χ1v) is 22.0. The van der Waals surface area contributed by atoms with Crippen LogP contribution >= 0.6 is 0 Å². The molecule has 312 valence electrons. The molecule has 0 saturated carbocycles. The van der Waals surface area contributed by atoms with Gasteiger partial charge in [0.25, 0.3) is 11.8 Å². The van der Waals surface area contributed by atoms with Crippen molar-refractivity contribution in [2.45, 2.75) is 82.3 Å². The maximum Gasteiger partial charge on any atom is 0.488 e. The van der Waals surface area contributed by atoms with Crippen molar-refractivity contribution in [2.75, 3.05) is 37.6 Å². The fourth-order valence-corrected chi connectivity index (χ4v) is 11.2. The van der Waals surface area contributed by atoms with Crippen LogP contribution in [0.15, 0.2) is 97.2 Å². The lowest BCUT2D eigenvalue weighted by Crippen LogP contribution is -2.51. The predicted octanol–water partition coefficient (Wildman–Crippen LogP) is 4.84. The van der Waals surface area contributed by atoms with Crippen LogP contribution in [-0.2, 0) is 29.1 Å². The van der Waals surface area contributed by atoms with Crippen LogP contribution < -0.4 is 15.7 Å². The molecule has 61 heavy (non-hydrogen) atoms. The number of nitrogens with one attached hydrogen (secondary N) is 1. The van der Waals surface area contributed by atoms with E-state index in [4.69, 9.17) is 0 Å². The first-order chi connectivity index (χ1) is 29.5. The number of fused-ring (bicyclic) bond motifs is 3. The third-order valence-electron chi connectivity index (χ3n) is 14.8. The Kier molecular flexibility index (Phi) is 10.2. The van der Waals surface area contributed by atoms with Gasteiger partial charge in [0.05, 0.1) is 17.7 Å². The molecule has 3 saturated heterocycles. The molecule has 12 heteroatoms. The summed E-state index contributed by atoms with van der Waals surface area (Å²) in [4.78, 5) is 60.8. The molecular weight excluding hydrogens is 765 g/mol. The monoisotopic (exact) mass is 817 g/mol. The molecule has 4 aromatic carbocycles. The highest BCUT2D eigenvalue weighted by Crippen LogP contribution is 2.47. The minimum absolute atomic E-state index is 0.0597. The highest BCUT2D eigenvalue weighted by Gasteiger charge is 2.45. The van der Waals surface area contributed by atoms with Crippen LogP contribution in [0.1, 0.15) is 111 Å². The lowest BCUT2D eigenvalue weighted by Gasteiger charge is -2.47. The lowest BCUT2D eigenvalue weighted by molar-refractivity contribution is -0.133. The van der Waals surface area contributed by atoms with E-state index in [9.17, 15) is 29.2 Å². The van der Waals surface area contributed by atoms with Crippen LogP contribution in [0.4, 0.5) is 5.69 Å². The molecule has 5 heterocycles. The van der Waals surface area contributed by atoms with E-state index in [1.165, 1.54) is 27.9 Å². The van der Waals surface area contributed by atoms with E-state index >= 15 is 0 Å². The van der Waals surface area contributed by atoms with Gasteiger partial charge in [0.1, 0.15) is 6.04 Å². The van der Waals surface area contributed by atoms with E-state index in [0.29, 0.717) is 60.7 Å². The number of benzene rings is 4. The van der Waals surface area contributed by atoms with Gasteiger partial charge in [0.2, 0.25) is 11.8 Å². The van der Waals surface area contributed by atoms with Gasteiger partial charge >= 0.3 is 7.12 Å². The number of hydrogen-bond acceptors (Lipinski definition) is 8. The SMILES string of the molecule is C=C1CCC(N2C(=O)c3cc4c(cc3C2=O)CN(C(=O)CN2CCC3(CC2)CCN(c2ccc([C@@H]5c6ccc(B(O)O)cc6CC[C@@H]5c5ccccc5)cc2)CC3)C4)C(=O)N1. The van der Waals surface area contributed by atoms with Crippen molar-refractivity contribution >= 4 is 41.9 Å². The fourth-order valence-electron chi connectivity index (χ4n) is 11.2. The zero-order chi connectivity index (χ0) is 42.0. The molecule has 1 aliphatic carbocycles. The minimum atomic E-state index is -1.47. The number of carbonyl (C=O) groups excluding carboxylic acids is 4. The Morgan fingerprint density at radius 1 is 0.754 bits per heavy atom. The maximum absolute atomic E-state index is 13.6. The second-order valence-corrected chi connectivity index (χ2v) is 18.3. The first kappa shape index (κ1) is 39.6. The van der Waals surface area contributed by atoms with Gasteiger partial charge in [0.15, 0.2) is 0 Å². The molecule has 6 aliphatic rings. The van der Waals surface area contributed by atoms with Crippen molar-refractivity contribution in [1.29, 1.82) is 0 Å². The zero-order valence-electron chi connectivity index (χ0n) is 34.5. The summed E-state index contributed by atoms with van der Waals surface area (Å²) in [7, 11) is -1.47. The van der Waals surface area contributed by atoms with Gasteiger partial charge in [-0.25, -0.2) is 0 Å². The smallest absolute Gasteiger partial charge is 0.423 e. The van der Waals surface area contributed by atoms with Gasteiger partial charge < -0.3 is 25.2 Å². The number of piperidine rings is 3. The minimum Gasteiger partial charge on any atom is -0.423 e. The third-order valence-corrected chi connectivity index (χ3v) is 14.8. The van der Waals surface area contributed by atoms with Crippen LogP contribution in [0.3, 0.4) is 0 Å². The number of likely N-dealkylation sites (tertiary alicyclic amines) is 1. The molecular formula is C49H52BN5O6. The van der Waals surface area contributed by atoms with Gasteiger partial charge in [-0.05, 0) is 139 Å². The summed E-state index contributed by atoms with van der Waals surface area (Å²) in [6.07, 6.45) is 7.18. The average Bonchev–Trinajstić information content (AvgIpc) is 3.81. The van der Waals surface area contributed by atoms with Crippen molar-refractivity contribution in [3.05, 3.63) is 142 Å². The number of imide groups is 1. The number of amides is 4. The zero-order valence-corrected chi connectivity index (χ0v) is 34.5. The van der Waals surface area contributed by atoms with Gasteiger partial charge in [-0.2, -0.15) is 0 Å². The number of aryl methyl sites for hydroxylation is 1. The van der Waals surface area contributed by atoms with Crippen molar-refractivity contribution in [3.63, 3.8) is 0 Å². The van der Waals surface area contributed by atoms with Crippen molar-refractivity contribution < 1.29 is 29.2 Å². The van der Waals surface area contributed by atoms with Crippen molar-refractivity contribution in [1.82, 2.24) is 20.0 Å². The summed E-state index contributed by atoms with van der Waals surface area (Å²) in [5.41, 5.74) is 10.1. The van der Waals surface area contributed by atoms with Crippen LogP contribution in [0.5, 0.6) is 0 Å². The van der Waals surface area contributed by atoms with Gasteiger partial charge in [0, 0.05) is 43.5 Å². The van der Waals surface area contributed by atoms with Crippen LogP contribution in [0, 0.1) is 5.41 Å². The molecule has 10 rings (SSSR count). The summed E-state index contributed by atoms with van der Waals surface area (Å²) >= 11 is 0. The molecule has 4 aromatic rings. The summed E-state index contributed by atoms with van der Waals surface area (Å²) in [6.45, 7) is 8.75. The molecule has 0 radical (unpaired) electrons. The normalized spacial score (nSPS) is 23.5. The molecule has 3 fully saturated rings. The van der Waals surface area contributed by atoms with E-state index in [1.807, 2.05) is 17.0 Å². The number of rotatable bonds is 7. The van der Waals surface area contributed by atoms with Crippen LogP contribution in [0.25, 0.3) is 0 Å². The Labute approximate surface area is 357 Å². The molecule has 3 atom stereocenters. The summed E-state index contributed by atoms with van der Waals surface area (Å²) in [6, 6.07) is 28.5. The summed E-state index contributed by atoms with van der Waals surface area (Å²) < 4.78 is 0. The number of nitrogens with zero attached hydrogens (tertiary/aromatic N) is 4. The molecule has 4 amide bonds. The average molecular weight is 818 g/mol. The summed E-state index contributed by atoms with van der Waals surface area (Å²) in [5.74, 6) is -0.715. The number of allylic oxidation sites excluding steroid dienone is 1. The Morgan fingerprint density at radius 2 is 1.41 bits per heavy atom. The Balaban J connectivity index is 0.735. The Bertz CT molecular complexity index is 2370. The molecule has 0 bridgehead atoms. The predicted molar refractivity (Wildman–Crippen MR) is 233 cm³/mol. The topological polar surface area (TPSA) is 134 Å². The van der Waals surface area contributed by atoms with E-state index in [-0.39, 0.29) is 23.1 Å².